The minimum absolute atomic E-state index is 0.0701. The van der Waals surface area contributed by atoms with Crippen molar-refractivity contribution < 1.29 is 14.3 Å². The summed E-state index contributed by atoms with van der Waals surface area (Å²) in [5, 5.41) is 2.76. The molecule has 1 rings (SSSR count). The standard InChI is InChI=1S/C22H31N3O3/c1-5-18-7-9-20(10-8-18)14-28-17(3)21(23)15-27-16-22(26)25-12-11-19(6-2)13-24-4/h6-10,13H,2,4-5,11-12,14-16,23H2,1,3H3,(H,25,26)/b19-13+,21-17-. The fourth-order valence-electron chi connectivity index (χ4n) is 2.24. The van der Waals surface area contributed by atoms with E-state index in [1.807, 2.05) is 12.1 Å². The maximum atomic E-state index is 11.8. The quantitative estimate of drug-likeness (QED) is 0.310. The van der Waals surface area contributed by atoms with Crippen molar-refractivity contribution in [1.29, 1.82) is 0 Å². The van der Waals surface area contributed by atoms with E-state index in [0.29, 0.717) is 31.0 Å². The van der Waals surface area contributed by atoms with Crippen molar-refractivity contribution in [1.82, 2.24) is 5.32 Å². The van der Waals surface area contributed by atoms with Gasteiger partial charge in [-0.25, -0.2) is 0 Å². The Morgan fingerprint density at radius 2 is 1.93 bits per heavy atom. The van der Waals surface area contributed by atoms with E-state index >= 15 is 0 Å². The molecule has 0 heterocycles. The molecule has 3 N–H and O–H groups in total. The number of amides is 1. The molecule has 0 saturated heterocycles. The molecule has 152 valence electrons. The van der Waals surface area contributed by atoms with Crippen molar-refractivity contribution in [2.45, 2.75) is 33.3 Å². The number of aliphatic imine (C=N–C) groups is 1. The van der Waals surface area contributed by atoms with Crippen LogP contribution in [0.5, 0.6) is 0 Å². The molecule has 0 radical (unpaired) electrons. The zero-order valence-electron chi connectivity index (χ0n) is 16.9. The van der Waals surface area contributed by atoms with E-state index in [0.717, 1.165) is 17.6 Å². The Hall–Kier alpha value is -2.86. The molecule has 28 heavy (non-hydrogen) atoms. The summed E-state index contributed by atoms with van der Waals surface area (Å²) in [5.74, 6) is 0.384. The Morgan fingerprint density at radius 1 is 1.25 bits per heavy atom. The fraction of sp³-hybridized carbons (Fsp3) is 0.364. The zero-order valence-corrected chi connectivity index (χ0v) is 16.9. The van der Waals surface area contributed by atoms with Gasteiger partial charge in [0.2, 0.25) is 5.91 Å². The van der Waals surface area contributed by atoms with E-state index < -0.39 is 0 Å². The van der Waals surface area contributed by atoms with Gasteiger partial charge in [0.05, 0.1) is 12.3 Å². The van der Waals surface area contributed by atoms with Crippen LogP contribution in [0, 0.1) is 0 Å². The largest absolute Gasteiger partial charge is 0.492 e. The maximum absolute atomic E-state index is 11.8. The molecule has 1 aromatic rings. The van der Waals surface area contributed by atoms with Gasteiger partial charge >= 0.3 is 0 Å². The number of allylic oxidation sites excluding steroid dienone is 2. The predicted molar refractivity (Wildman–Crippen MR) is 114 cm³/mol. The van der Waals surface area contributed by atoms with Crippen molar-refractivity contribution in [3.05, 3.63) is 71.3 Å². The number of nitrogens with two attached hydrogens (primary N) is 1. The first-order valence-corrected chi connectivity index (χ1v) is 9.27. The van der Waals surface area contributed by atoms with Gasteiger partial charge in [0.15, 0.2) is 0 Å². The molecule has 6 heteroatoms. The summed E-state index contributed by atoms with van der Waals surface area (Å²) < 4.78 is 11.0. The lowest BCUT2D eigenvalue weighted by Crippen LogP contribution is -2.29. The van der Waals surface area contributed by atoms with Crippen LogP contribution in [0.25, 0.3) is 0 Å². The predicted octanol–water partition coefficient (Wildman–Crippen LogP) is 3.25. The second kappa shape index (κ2) is 13.3. The van der Waals surface area contributed by atoms with Gasteiger partial charge in [-0.15, -0.1) is 0 Å². The highest BCUT2D eigenvalue weighted by atomic mass is 16.5. The van der Waals surface area contributed by atoms with Gasteiger partial charge in [0, 0.05) is 12.7 Å². The summed E-state index contributed by atoms with van der Waals surface area (Å²) in [5.41, 5.74) is 9.70. The van der Waals surface area contributed by atoms with E-state index in [1.165, 1.54) is 5.56 Å². The topological polar surface area (TPSA) is 85.9 Å². The summed E-state index contributed by atoms with van der Waals surface area (Å²) >= 11 is 0. The van der Waals surface area contributed by atoms with Crippen LogP contribution in [0.1, 0.15) is 31.4 Å². The van der Waals surface area contributed by atoms with Gasteiger partial charge in [-0.2, -0.15) is 0 Å². The second-order valence-corrected chi connectivity index (χ2v) is 6.22. The van der Waals surface area contributed by atoms with E-state index in [1.54, 1.807) is 19.2 Å². The molecular weight excluding hydrogens is 354 g/mol. The number of carbonyl (C=O) groups excluding carboxylic acids is 1. The van der Waals surface area contributed by atoms with Crippen molar-refractivity contribution in [3.8, 4) is 0 Å². The third kappa shape index (κ3) is 9.19. The molecule has 0 spiro atoms. The summed E-state index contributed by atoms with van der Waals surface area (Å²) in [6.07, 6.45) is 4.93. The van der Waals surface area contributed by atoms with Crippen molar-refractivity contribution in [2.75, 3.05) is 19.8 Å². The molecule has 6 nitrogen and oxygen atoms in total. The monoisotopic (exact) mass is 385 g/mol. The number of hydrogen-bond donors (Lipinski definition) is 2. The Kier molecular flexibility index (Phi) is 11.0. The Balaban J connectivity index is 2.29. The van der Waals surface area contributed by atoms with Crippen molar-refractivity contribution in [2.24, 2.45) is 10.7 Å². The van der Waals surface area contributed by atoms with Gasteiger partial charge in [-0.3, -0.25) is 9.79 Å². The number of nitrogens with zero attached hydrogens (tertiary/aromatic N) is 1. The number of nitrogens with one attached hydrogen (secondary N) is 1. The third-order valence-corrected chi connectivity index (χ3v) is 4.08. The van der Waals surface area contributed by atoms with Crippen LogP contribution in [0.15, 0.2) is 65.1 Å². The first kappa shape index (κ1) is 23.2. The summed E-state index contributed by atoms with van der Waals surface area (Å²) in [4.78, 5) is 15.5. The van der Waals surface area contributed by atoms with Gasteiger partial charge in [0.1, 0.15) is 19.0 Å². The zero-order chi connectivity index (χ0) is 20.8. The highest BCUT2D eigenvalue weighted by Crippen LogP contribution is 2.10. The van der Waals surface area contributed by atoms with Crippen LogP contribution in [0.3, 0.4) is 0 Å². The Bertz CT molecular complexity index is 706. The third-order valence-electron chi connectivity index (χ3n) is 4.08. The first-order valence-electron chi connectivity index (χ1n) is 9.27. The van der Waals surface area contributed by atoms with Gasteiger partial charge in [-0.05, 0) is 43.2 Å². The number of ether oxygens (including phenoxy) is 2. The molecule has 0 aliphatic heterocycles. The number of aryl methyl sites for hydroxylation is 1. The minimum Gasteiger partial charge on any atom is -0.492 e. The molecular formula is C22H31N3O3. The molecule has 0 fully saturated rings. The molecule has 0 aliphatic rings. The molecule has 0 aromatic heterocycles. The van der Waals surface area contributed by atoms with E-state index in [2.05, 4.69) is 42.7 Å². The van der Waals surface area contributed by atoms with E-state index in [4.69, 9.17) is 15.2 Å². The van der Waals surface area contributed by atoms with Crippen LogP contribution in [0.4, 0.5) is 0 Å². The van der Waals surface area contributed by atoms with Crippen molar-refractivity contribution >= 4 is 12.6 Å². The lowest BCUT2D eigenvalue weighted by atomic mass is 10.1. The highest BCUT2D eigenvalue weighted by Gasteiger charge is 2.05. The first-order chi connectivity index (χ1) is 13.5. The smallest absolute Gasteiger partial charge is 0.246 e. The Labute approximate surface area is 167 Å². The summed E-state index contributed by atoms with van der Waals surface area (Å²) in [7, 11) is 0. The molecule has 0 saturated carbocycles. The number of carbonyl (C=O) groups is 1. The molecule has 1 amide bonds. The van der Waals surface area contributed by atoms with Gasteiger partial charge in [-0.1, -0.05) is 43.8 Å². The molecule has 0 aliphatic carbocycles. The average molecular weight is 386 g/mol. The summed E-state index contributed by atoms with van der Waals surface area (Å²) in [6, 6.07) is 8.26. The van der Waals surface area contributed by atoms with Crippen LogP contribution in [-0.4, -0.2) is 32.4 Å². The second-order valence-electron chi connectivity index (χ2n) is 6.22. The number of benzene rings is 1. The lowest BCUT2D eigenvalue weighted by molar-refractivity contribution is -0.125. The van der Waals surface area contributed by atoms with Crippen LogP contribution >= 0.6 is 0 Å². The molecule has 0 unspecified atom stereocenters. The lowest BCUT2D eigenvalue weighted by Gasteiger charge is -2.11. The minimum atomic E-state index is -0.211. The SMILES string of the molecule is C=C/C(=C\N=C)CCNC(=O)COC/C(N)=C(\C)OCc1ccc(CC)cc1. The van der Waals surface area contributed by atoms with Crippen LogP contribution in [-0.2, 0) is 27.3 Å². The normalized spacial score (nSPS) is 12.1. The van der Waals surface area contributed by atoms with Crippen LogP contribution < -0.4 is 11.1 Å². The highest BCUT2D eigenvalue weighted by molar-refractivity contribution is 5.77. The Morgan fingerprint density at radius 3 is 2.54 bits per heavy atom. The summed E-state index contributed by atoms with van der Waals surface area (Å²) in [6.45, 7) is 12.0. The molecule has 0 atom stereocenters. The maximum Gasteiger partial charge on any atom is 0.246 e. The molecule has 1 aromatic carbocycles. The number of rotatable bonds is 13. The number of hydrogen-bond acceptors (Lipinski definition) is 5. The van der Waals surface area contributed by atoms with E-state index in [9.17, 15) is 4.79 Å². The van der Waals surface area contributed by atoms with Crippen molar-refractivity contribution in [3.63, 3.8) is 0 Å². The average Bonchev–Trinajstić information content (AvgIpc) is 2.71. The molecule has 0 bridgehead atoms. The van der Waals surface area contributed by atoms with E-state index in [-0.39, 0.29) is 19.1 Å². The fourth-order valence-corrected chi connectivity index (χ4v) is 2.24. The van der Waals surface area contributed by atoms with Gasteiger partial charge in [0.25, 0.3) is 0 Å². The van der Waals surface area contributed by atoms with Gasteiger partial charge < -0.3 is 20.5 Å². The van der Waals surface area contributed by atoms with Crippen LogP contribution in [0.2, 0.25) is 0 Å².